The van der Waals surface area contributed by atoms with Gasteiger partial charge < -0.3 is 23.2 Å². The van der Waals surface area contributed by atoms with Gasteiger partial charge in [-0.15, -0.1) is 0 Å². The maximum absolute atomic E-state index is 8.24. The highest BCUT2D eigenvalue weighted by atomic mass is 35.5. The summed E-state index contributed by atoms with van der Waals surface area (Å²) in [7, 11) is 0. The normalized spacial score (nSPS) is 2.29. The third-order valence-corrected chi connectivity index (χ3v) is 0. The van der Waals surface area contributed by atoms with Crippen LogP contribution in [0.5, 0.6) is 0 Å². The second-order valence-corrected chi connectivity index (χ2v) is 0.183. The van der Waals surface area contributed by atoms with Crippen LogP contribution in [0.25, 0.3) is 10.8 Å². The van der Waals surface area contributed by atoms with Gasteiger partial charge in [0.05, 0.1) is 0 Å². The molecular weight excluding hydrogens is 119 g/mol. The maximum Gasteiger partial charge on any atom is -0.0159 e. The lowest BCUT2D eigenvalue weighted by Crippen LogP contribution is -3.00. The average Bonchev–Trinajstić information content (AvgIpc) is 1.39. The molecule has 0 fully saturated rings. The van der Waals surface area contributed by atoms with Crippen LogP contribution < -0.4 is 12.4 Å². The molecule has 0 saturated carbocycles. The van der Waals surface area contributed by atoms with Crippen molar-refractivity contribution in [1.29, 1.82) is 0 Å². The van der Waals surface area contributed by atoms with Gasteiger partial charge in [0.2, 0.25) is 0 Å². The van der Waals surface area contributed by atoms with E-state index in [0.717, 1.165) is 0 Å². The van der Waals surface area contributed by atoms with Gasteiger partial charge in [0.15, 0.2) is 0 Å². The minimum absolute atomic E-state index is 0. The van der Waals surface area contributed by atoms with Gasteiger partial charge >= 0.3 is 0 Å². The molecule has 0 aromatic rings. The first-order valence-electron chi connectivity index (χ1n) is 0.855. The van der Waals surface area contributed by atoms with Crippen LogP contribution in [0.4, 0.5) is 0 Å². The zero-order valence-corrected chi connectivity index (χ0v) is 3.84. The Morgan fingerprint density at radius 1 is 1.00 bits per heavy atom. The number of isocyanates is 2. The van der Waals surface area contributed by atoms with Crippen LogP contribution in [0.2, 0.25) is 0 Å². The summed E-state index contributed by atoms with van der Waals surface area (Å²) in [5, 5.41) is 13.5. The monoisotopic (exact) mass is 119 g/mol. The summed E-state index contributed by atoms with van der Waals surface area (Å²) in [6.07, 6.45) is 1.00. The van der Waals surface area contributed by atoms with Crippen molar-refractivity contribution in [3.05, 3.63) is 10.8 Å². The van der Waals surface area contributed by atoms with Crippen LogP contribution in [-0.2, 0) is 9.59 Å². The van der Waals surface area contributed by atoms with Crippen molar-refractivity contribution in [2.24, 2.45) is 0 Å². The largest absolute Gasteiger partial charge is 1.00 e. The minimum Gasteiger partial charge on any atom is -1.00 e. The van der Waals surface area contributed by atoms with Gasteiger partial charge in [-0.1, -0.05) is 0 Å². The molecule has 0 aliphatic rings. The van der Waals surface area contributed by atoms with Gasteiger partial charge in [-0.05, 0) is 12.2 Å². The van der Waals surface area contributed by atoms with E-state index >= 15 is 0 Å². The van der Waals surface area contributed by atoms with Gasteiger partial charge in [0, 0.05) is 0 Å². The van der Waals surface area contributed by atoms with Crippen LogP contribution in [0.15, 0.2) is 0 Å². The Hall–Kier alpha value is -0.950. The summed E-state index contributed by atoms with van der Waals surface area (Å²) in [4.78, 5) is 16.5. The summed E-state index contributed by atoms with van der Waals surface area (Å²) in [5.74, 6) is 0. The number of carbonyl (C=O) groups excluding carboxylic acids is 2. The molecular formula is C2ClN2O2-3. The maximum atomic E-state index is 8.24. The number of rotatable bonds is 0. The first-order chi connectivity index (χ1) is 2.83. The number of hydrogen-bond donors (Lipinski definition) is 0. The van der Waals surface area contributed by atoms with Gasteiger partial charge in [0.25, 0.3) is 0 Å². The third-order valence-electron chi connectivity index (χ3n) is 0. The van der Waals surface area contributed by atoms with Crippen molar-refractivity contribution in [2.75, 3.05) is 0 Å². The quantitative estimate of drug-likeness (QED) is 0.249. The van der Waals surface area contributed by atoms with E-state index in [0.29, 0.717) is 12.2 Å². The molecule has 0 aliphatic carbocycles. The Morgan fingerprint density at radius 3 is 1.00 bits per heavy atom. The summed E-state index contributed by atoms with van der Waals surface area (Å²) >= 11 is 0. The Morgan fingerprint density at radius 2 is 1.00 bits per heavy atom. The highest BCUT2D eigenvalue weighted by Crippen LogP contribution is 0.952. The van der Waals surface area contributed by atoms with E-state index in [4.69, 9.17) is 20.4 Å². The van der Waals surface area contributed by atoms with Crippen molar-refractivity contribution >= 4 is 12.2 Å². The van der Waals surface area contributed by atoms with E-state index in [1.165, 1.54) is 0 Å². The lowest BCUT2D eigenvalue weighted by Gasteiger charge is -1.32. The Kier molecular flexibility index (Phi) is 178. The van der Waals surface area contributed by atoms with Crippen molar-refractivity contribution in [1.82, 2.24) is 0 Å². The summed E-state index contributed by atoms with van der Waals surface area (Å²) < 4.78 is 0. The lowest BCUT2D eigenvalue weighted by molar-refractivity contribution is -0.00000353. The topological polar surface area (TPSA) is 78.7 Å². The van der Waals surface area contributed by atoms with Crippen LogP contribution in [0.1, 0.15) is 0 Å². The van der Waals surface area contributed by atoms with Crippen LogP contribution in [0.3, 0.4) is 0 Å². The number of hydrogen-bond acceptors (Lipinski definition) is 2. The number of nitrogens with zero attached hydrogens (tertiary/aromatic N) is 2. The average molecular weight is 119 g/mol. The van der Waals surface area contributed by atoms with Gasteiger partial charge in [-0.25, -0.2) is 0 Å². The summed E-state index contributed by atoms with van der Waals surface area (Å²) in [6.45, 7) is 0. The lowest BCUT2D eigenvalue weighted by atomic mass is 11.7. The zero-order valence-electron chi connectivity index (χ0n) is 3.09. The van der Waals surface area contributed by atoms with E-state index in [2.05, 4.69) is 0 Å². The first kappa shape index (κ1) is 16.6. The molecule has 0 atom stereocenters. The van der Waals surface area contributed by atoms with Crippen LogP contribution in [0, 0.1) is 0 Å². The molecule has 5 heteroatoms. The van der Waals surface area contributed by atoms with Gasteiger partial charge in [-0.2, -0.15) is 0 Å². The SMILES string of the molecule is [Cl-].[N-]=C=O.[N-]=C=O. The predicted molar refractivity (Wildman–Crippen MR) is 18.1 cm³/mol. The zero-order chi connectivity index (χ0) is 5.41. The molecule has 0 aliphatic heterocycles. The first-order valence-corrected chi connectivity index (χ1v) is 0.855. The Balaban J connectivity index is -0.0000000400. The van der Waals surface area contributed by atoms with Gasteiger partial charge in [0.1, 0.15) is 0 Å². The molecule has 0 bridgehead atoms. The molecule has 0 heterocycles. The van der Waals surface area contributed by atoms with E-state index in [-0.39, 0.29) is 12.4 Å². The van der Waals surface area contributed by atoms with E-state index in [9.17, 15) is 0 Å². The van der Waals surface area contributed by atoms with E-state index in [1.807, 2.05) is 0 Å². The molecule has 40 valence electrons. The second kappa shape index (κ2) is 75.1. The van der Waals surface area contributed by atoms with E-state index < -0.39 is 0 Å². The standard InChI is InChI=1S/2CNO.ClH/c2*2-1-3;/h;;1H/q2*-1;/p-1. The fraction of sp³-hybridized carbons (Fsp3) is 0. The van der Waals surface area contributed by atoms with Crippen molar-refractivity contribution in [2.45, 2.75) is 0 Å². The Bertz CT molecular complexity index is 67.7. The number of halogens is 1. The van der Waals surface area contributed by atoms with Gasteiger partial charge in [-0.3, -0.25) is 9.59 Å². The molecule has 0 aromatic carbocycles. The fourth-order valence-corrected chi connectivity index (χ4v) is 0. The highest BCUT2D eigenvalue weighted by Gasteiger charge is 0.793. The minimum atomic E-state index is 0. The molecule has 0 amide bonds. The predicted octanol–water partition coefficient (Wildman–Crippen LogP) is -3.21. The summed E-state index contributed by atoms with van der Waals surface area (Å²) in [5.41, 5.74) is 0. The Labute approximate surface area is 46.0 Å². The molecule has 7 heavy (non-hydrogen) atoms. The fourth-order valence-electron chi connectivity index (χ4n) is 0. The highest BCUT2D eigenvalue weighted by molar-refractivity contribution is 5.37. The van der Waals surface area contributed by atoms with Crippen molar-refractivity contribution in [3.8, 4) is 0 Å². The second-order valence-electron chi connectivity index (χ2n) is 0.183. The van der Waals surface area contributed by atoms with Crippen molar-refractivity contribution in [3.63, 3.8) is 0 Å². The smallest absolute Gasteiger partial charge is 0.0159 e. The molecule has 0 N–H and O–H groups in total. The molecule has 0 radical (unpaired) electrons. The third kappa shape index (κ3) is 52.1. The van der Waals surface area contributed by atoms with Crippen LogP contribution in [-0.4, -0.2) is 12.2 Å². The van der Waals surface area contributed by atoms with Crippen LogP contribution >= 0.6 is 0 Å². The van der Waals surface area contributed by atoms with E-state index in [1.54, 1.807) is 0 Å². The summed E-state index contributed by atoms with van der Waals surface area (Å²) in [6, 6.07) is 0. The molecule has 0 unspecified atom stereocenters. The molecule has 0 saturated heterocycles. The molecule has 4 nitrogen and oxygen atoms in total. The van der Waals surface area contributed by atoms with Crippen molar-refractivity contribution < 1.29 is 22.0 Å². The molecule has 0 aromatic heterocycles. The molecule has 0 rings (SSSR count). The molecule has 0 spiro atoms.